The molecule has 1 aromatic rings. The van der Waals surface area contributed by atoms with Crippen molar-refractivity contribution >= 4 is 12.7 Å². The van der Waals surface area contributed by atoms with Crippen molar-refractivity contribution in [1.29, 1.82) is 5.41 Å². The molecule has 5 N–H and O–H groups in total. The zero-order chi connectivity index (χ0) is 16.2. The Morgan fingerprint density at radius 3 is 2.25 bits per heavy atom. The van der Waals surface area contributed by atoms with Crippen LogP contribution < -0.4 is 11.1 Å². The molecule has 0 atom stereocenters. The minimum atomic E-state index is 0.750. The second kappa shape index (κ2) is 22.4. The second-order valence-corrected chi connectivity index (χ2v) is 3.62. The van der Waals surface area contributed by atoms with E-state index in [2.05, 4.69) is 46.1 Å². The standard InChI is InChI=1S/C8H14N2.C3H8N2.C2H6.CH4N2/c1-10(2)6-4-8-3-5-9-7-8;1-4-3-5-2;1-2;2-1-3/h3,5,7,9H,4,6H2,1-2H3;3H,1-2H3,(H,4,5);1-2H3;1H,(H3,2,3). The number of aromatic amines is 1. The SMILES string of the molecule is CC.CN(C)CCc1cc[nH]c1.CN=CNC.N=CN. The molecule has 1 rings (SSSR count). The number of aliphatic imine (C=N–C) groups is 1. The Morgan fingerprint density at radius 1 is 1.45 bits per heavy atom. The molecule has 0 bridgehead atoms. The van der Waals surface area contributed by atoms with Gasteiger partial charge in [-0.15, -0.1) is 0 Å². The summed E-state index contributed by atoms with van der Waals surface area (Å²) in [5.74, 6) is 0. The van der Waals surface area contributed by atoms with Crippen molar-refractivity contribution in [3.8, 4) is 0 Å². The van der Waals surface area contributed by atoms with E-state index in [1.54, 1.807) is 13.4 Å². The number of nitrogens with two attached hydrogens (primary N) is 1. The molecule has 0 aromatic carbocycles. The molecule has 0 aliphatic carbocycles. The van der Waals surface area contributed by atoms with E-state index in [1.165, 1.54) is 5.56 Å². The summed E-state index contributed by atoms with van der Waals surface area (Å²) in [6.45, 7) is 5.12. The summed E-state index contributed by atoms with van der Waals surface area (Å²) in [7, 11) is 7.71. The van der Waals surface area contributed by atoms with Gasteiger partial charge < -0.3 is 20.9 Å². The summed E-state index contributed by atoms with van der Waals surface area (Å²) in [5.41, 5.74) is 5.77. The fraction of sp³-hybridized carbons (Fsp3) is 0.571. The summed E-state index contributed by atoms with van der Waals surface area (Å²) in [5, 5.41) is 8.59. The Balaban J connectivity index is -0.000000245. The molecule has 0 aliphatic rings. The molecule has 1 aromatic heterocycles. The van der Waals surface area contributed by atoms with E-state index in [0.717, 1.165) is 19.3 Å². The average molecular weight is 284 g/mol. The van der Waals surface area contributed by atoms with Crippen molar-refractivity contribution in [3.63, 3.8) is 0 Å². The summed E-state index contributed by atoms with van der Waals surface area (Å²) >= 11 is 0. The summed E-state index contributed by atoms with van der Waals surface area (Å²) in [6.07, 6.45) is 7.52. The van der Waals surface area contributed by atoms with Gasteiger partial charge in [-0.3, -0.25) is 10.4 Å². The van der Waals surface area contributed by atoms with E-state index in [9.17, 15) is 0 Å². The van der Waals surface area contributed by atoms with Crippen LogP contribution >= 0.6 is 0 Å². The van der Waals surface area contributed by atoms with Gasteiger partial charge in [0.25, 0.3) is 0 Å². The first-order valence-corrected chi connectivity index (χ1v) is 6.67. The van der Waals surface area contributed by atoms with E-state index in [0.29, 0.717) is 0 Å². The van der Waals surface area contributed by atoms with Crippen molar-refractivity contribution in [2.75, 3.05) is 34.7 Å². The molecular weight excluding hydrogens is 252 g/mol. The van der Waals surface area contributed by atoms with Crippen LogP contribution in [0.4, 0.5) is 0 Å². The maximum absolute atomic E-state index is 5.86. The van der Waals surface area contributed by atoms with Crippen LogP contribution in [0.25, 0.3) is 0 Å². The first-order valence-electron chi connectivity index (χ1n) is 6.67. The van der Waals surface area contributed by atoms with Crippen LogP contribution in [0.3, 0.4) is 0 Å². The predicted octanol–water partition coefficient (Wildman–Crippen LogP) is 1.56. The molecule has 0 amide bonds. The monoisotopic (exact) mass is 284 g/mol. The first-order chi connectivity index (χ1) is 9.62. The smallest absolute Gasteiger partial charge is 0.0817 e. The predicted molar refractivity (Wildman–Crippen MR) is 90.8 cm³/mol. The largest absolute Gasteiger partial charge is 0.390 e. The molecule has 1 heterocycles. The molecule has 0 radical (unpaired) electrons. The highest BCUT2D eigenvalue weighted by Crippen LogP contribution is 1.97. The molecule has 118 valence electrons. The van der Waals surface area contributed by atoms with Gasteiger partial charge in [0.1, 0.15) is 0 Å². The number of rotatable bonds is 4. The first kappa shape index (κ1) is 23.3. The van der Waals surface area contributed by atoms with Gasteiger partial charge in [-0.1, -0.05) is 13.8 Å². The number of likely N-dealkylation sites (N-methyl/N-ethyl adjacent to an activating group) is 1. The molecule has 0 saturated heterocycles. The molecule has 20 heavy (non-hydrogen) atoms. The van der Waals surface area contributed by atoms with Gasteiger partial charge in [0.15, 0.2) is 0 Å². The van der Waals surface area contributed by atoms with Crippen molar-refractivity contribution in [2.45, 2.75) is 20.3 Å². The van der Waals surface area contributed by atoms with Crippen LogP contribution in [0, 0.1) is 5.41 Å². The molecule has 6 nitrogen and oxygen atoms in total. The van der Waals surface area contributed by atoms with E-state index < -0.39 is 0 Å². The van der Waals surface area contributed by atoms with E-state index >= 15 is 0 Å². The molecule has 0 fully saturated rings. The van der Waals surface area contributed by atoms with Crippen LogP contribution in [-0.2, 0) is 6.42 Å². The lowest BCUT2D eigenvalue weighted by Gasteiger charge is -2.06. The van der Waals surface area contributed by atoms with Crippen LogP contribution in [0.15, 0.2) is 23.5 Å². The van der Waals surface area contributed by atoms with Gasteiger partial charge in [-0.2, -0.15) is 0 Å². The zero-order valence-electron chi connectivity index (χ0n) is 13.8. The Bertz CT molecular complexity index is 280. The third-order valence-electron chi connectivity index (χ3n) is 1.77. The third kappa shape index (κ3) is 25.1. The lowest BCUT2D eigenvalue weighted by molar-refractivity contribution is 0.414. The molecule has 6 heteroatoms. The van der Waals surface area contributed by atoms with Gasteiger partial charge in [-0.05, 0) is 32.1 Å². The lowest BCUT2D eigenvalue weighted by Crippen LogP contribution is -2.14. The summed E-state index contributed by atoms with van der Waals surface area (Å²) < 4.78 is 0. The molecule has 0 spiro atoms. The fourth-order valence-electron chi connectivity index (χ4n) is 0.996. The van der Waals surface area contributed by atoms with Gasteiger partial charge in [0.2, 0.25) is 0 Å². The highest BCUT2D eigenvalue weighted by atomic mass is 15.0. The number of nitrogens with one attached hydrogen (secondary N) is 3. The van der Waals surface area contributed by atoms with Crippen molar-refractivity contribution in [3.05, 3.63) is 24.0 Å². The molecular formula is C14H32N6. The van der Waals surface area contributed by atoms with Crippen molar-refractivity contribution in [1.82, 2.24) is 15.2 Å². The number of hydrogen-bond donors (Lipinski definition) is 4. The Morgan fingerprint density at radius 2 is 2.00 bits per heavy atom. The topological polar surface area (TPSA) is 93.3 Å². The number of aromatic nitrogens is 1. The van der Waals surface area contributed by atoms with E-state index in [-0.39, 0.29) is 0 Å². The Labute approximate surface area is 124 Å². The van der Waals surface area contributed by atoms with Crippen LogP contribution in [0.1, 0.15) is 19.4 Å². The van der Waals surface area contributed by atoms with Gasteiger partial charge in [0, 0.05) is 33.0 Å². The third-order valence-corrected chi connectivity index (χ3v) is 1.77. The maximum atomic E-state index is 5.86. The van der Waals surface area contributed by atoms with Gasteiger partial charge >= 0.3 is 0 Å². The highest BCUT2D eigenvalue weighted by Gasteiger charge is 1.92. The zero-order valence-corrected chi connectivity index (χ0v) is 13.8. The number of hydrogen-bond acceptors (Lipinski definition) is 3. The maximum Gasteiger partial charge on any atom is 0.0817 e. The Kier molecular flexibility index (Phi) is 26.0. The fourth-order valence-corrected chi connectivity index (χ4v) is 0.996. The molecule has 0 saturated carbocycles. The molecule has 0 unspecified atom stereocenters. The highest BCUT2D eigenvalue weighted by molar-refractivity contribution is 5.52. The van der Waals surface area contributed by atoms with Crippen molar-refractivity contribution < 1.29 is 0 Å². The van der Waals surface area contributed by atoms with E-state index in [4.69, 9.17) is 5.41 Å². The quantitative estimate of drug-likeness (QED) is 0.499. The molecule has 0 aliphatic heterocycles. The Hall–Kier alpha value is -1.82. The minimum Gasteiger partial charge on any atom is -0.390 e. The summed E-state index contributed by atoms with van der Waals surface area (Å²) in [4.78, 5) is 8.84. The lowest BCUT2D eigenvalue weighted by atomic mass is 10.2. The number of nitrogens with zero attached hydrogens (tertiary/aromatic N) is 2. The van der Waals surface area contributed by atoms with Crippen LogP contribution in [0.2, 0.25) is 0 Å². The van der Waals surface area contributed by atoms with E-state index in [1.807, 2.05) is 33.3 Å². The summed E-state index contributed by atoms with van der Waals surface area (Å²) in [6, 6.07) is 2.11. The van der Waals surface area contributed by atoms with Crippen LogP contribution in [0.5, 0.6) is 0 Å². The van der Waals surface area contributed by atoms with Crippen LogP contribution in [-0.4, -0.2) is 57.3 Å². The van der Waals surface area contributed by atoms with Gasteiger partial charge in [-0.25, -0.2) is 0 Å². The van der Waals surface area contributed by atoms with Crippen molar-refractivity contribution in [2.24, 2.45) is 10.7 Å². The second-order valence-electron chi connectivity index (χ2n) is 3.62. The normalized spacial score (nSPS) is 8.55. The number of H-pyrrole nitrogens is 1. The minimum absolute atomic E-state index is 0.750. The van der Waals surface area contributed by atoms with Gasteiger partial charge in [0.05, 0.1) is 12.7 Å². The average Bonchev–Trinajstić information content (AvgIpc) is 2.94.